The molecule has 0 bridgehead atoms. The summed E-state index contributed by atoms with van der Waals surface area (Å²) in [5.41, 5.74) is 1.22. The molecule has 182 valence electrons. The molecule has 7 nitrogen and oxygen atoms in total. The van der Waals surface area contributed by atoms with Crippen LogP contribution < -0.4 is 9.47 Å². The minimum Gasteiger partial charge on any atom is -0.507 e. The maximum absolute atomic E-state index is 13.2. The van der Waals surface area contributed by atoms with Gasteiger partial charge in [-0.2, -0.15) is 0 Å². The molecule has 0 spiro atoms. The number of nitrogens with zero attached hydrogens (tertiary/aromatic N) is 2. The molecule has 0 aliphatic carbocycles. The zero-order valence-electron chi connectivity index (χ0n) is 20.4. The Labute approximate surface area is 201 Å². The third-order valence-electron chi connectivity index (χ3n) is 5.83. The summed E-state index contributed by atoms with van der Waals surface area (Å²) in [5, 5.41) is 11.3. The Bertz CT molecular complexity index is 1050. The summed E-state index contributed by atoms with van der Waals surface area (Å²) >= 11 is 0. The van der Waals surface area contributed by atoms with Crippen molar-refractivity contribution in [2.24, 2.45) is 0 Å². The summed E-state index contributed by atoms with van der Waals surface area (Å²) in [6, 6.07) is 13.5. The number of carbonyl (C=O) groups is 2. The lowest BCUT2D eigenvalue weighted by Crippen LogP contribution is -2.32. The van der Waals surface area contributed by atoms with E-state index in [-0.39, 0.29) is 11.3 Å². The van der Waals surface area contributed by atoms with Crippen LogP contribution in [0.15, 0.2) is 54.1 Å². The van der Waals surface area contributed by atoms with Crippen LogP contribution in [0.5, 0.6) is 11.5 Å². The highest BCUT2D eigenvalue weighted by Gasteiger charge is 2.45. The lowest BCUT2D eigenvalue weighted by Gasteiger charge is -2.26. The second kappa shape index (κ2) is 11.7. The number of hydrogen-bond donors (Lipinski definition) is 1. The first-order valence-corrected chi connectivity index (χ1v) is 11.7. The van der Waals surface area contributed by atoms with Crippen LogP contribution in [-0.2, 0) is 9.59 Å². The Hall–Kier alpha value is -3.32. The molecule has 1 aliphatic heterocycles. The van der Waals surface area contributed by atoms with Gasteiger partial charge in [-0.3, -0.25) is 9.59 Å². The Morgan fingerprint density at radius 1 is 1.06 bits per heavy atom. The molecule has 1 unspecified atom stereocenters. The van der Waals surface area contributed by atoms with Gasteiger partial charge in [-0.15, -0.1) is 0 Å². The summed E-state index contributed by atoms with van der Waals surface area (Å²) in [7, 11) is 5.49. The van der Waals surface area contributed by atoms with Gasteiger partial charge in [-0.1, -0.05) is 37.6 Å². The number of aliphatic hydroxyl groups is 1. The minimum atomic E-state index is -0.707. The van der Waals surface area contributed by atoms with Gasteiger partial charge in [0.1, 0.15) is 17.3 Å². The number of ether oxygens (including phenoxy) is 2. The van der Waals surface area contributed by atoms with Crippen LogP contribution in [0, 0.1) is 0 Å². The third-order valence-corrected chi connectivity index (χ3v) is 5.83. The molecule has 1 heterocycles. The van der Waals surface area contributed by atoms with Gasteiger partial charge < -0.3 is 24.4 Å². The Morgan fingerprint density at radius 3 is 2.50 bits per heavy atom. The minimum absolute atomic E-state index is 0.0776. The molecule has 1 fully saturated rings. The maximum atomic E-state index is 13.2. The topological polar surface area (TPSA) is 79.3 Å². The second-order valence-electron chi connectivity index (χ2n) is 8.66. The van der Waals surface area contributed by atoms with Crippen LogP contribution in [0.2, 0.25) is 0 Å². The molecule has 1 saturated heterocycles. The molecule has 1 amide bonds. The first-order valence-electron chi connectivity index (χ1n) is 11.7. The van der Waals surface area contributed by atoms with Crippen LogP contribution >= 0.6 is 0 Å². The highest BCUT2D eigenvalue weighted by Crippen LogP contribution is 2.40. The smallest absolute Gasteiger partial charge is 0.295 e. The molecule has 1 aliphatic rings. The first kappa shape index (κ1) is 25.3. The predicted octanol–water partition coefficient (Wildman–Crippen LogP) is 4.25. The molecule has 3 rings (SSSR count). The molecular weight excluding hydrogens is 432 g/mol. The van der Waals surface area contributed by atoms with E-state index in [1.165, 1.54) is 0 Å². The van der Waals surface area contributed by atoms with Crippen LogP contribution in [0.3, 0.4) is 0 Å². The average Bonchev–Trinajstić information content (AvgIpc) is 3.09. The summed E-state index contributed by atoms with van der Waals surface area (Å²) < 4.78 is 11.1. The van der Waals surface area contributed by atoms with Crippen molar-refractivity contribution in [2.45, 2.75) is 32.2 Å². The van der Waals surface area contributed by atoms with Crippen molar-refractivity contribution in [2.75, 3.05) is 40.9 Å². The summed E-state index contributed by atoms with van der Waals surface area (Å²) in [6.07, 6.45) is 2.63. The molecule has 0 saturated carbocycles. The highest BCUT2D eigenvalue weighted by atomic mass is 16.5. The van der Waals surface area contributed by atoms with E-state index in [4.69, 9.17) is 9.47 Å². The quantitative estimate of drug-likeness (QED) is 0.231. The number of unbranched alkanes of at least 4 members (excludes halogenated alkanes) is 1. The number of rotatable bonds is 11. The first-order chi connectivity index (χ1) is 16.4. The Kier molecular flexibility index (Phi) is 8.71. The van der Waals surface area contributed by atoms with Crippen LogP contribution in [0.4, 0.5) is 0 Å². The molecule has 2 aromatic carbocycles. The van der Waals surface area contributed by atoms with E-state index in [9.17, 15) is 14.7 Å². The van der Waals surface area contributed by atoms with Gasteiger partial charge in [-0.05, 0) is 63.3 Å². The molecule has 1 N–H and O–H groups in total. The van der Waals surface area contributed by atoms with Gasteiger partial charge >= 0.3 is 0 Å². The lowest BCUT2D eigenvalue weighted by atomic mass is 9.95. The van der Waals surface area contributed by atoms with Crippen molar-refractivity contribution in [3.63, 3.8) is 0 Å². The van der Waals surface area contributed by atoms with E-state index in [1.54, 1.807) is 42.3 Å². The zero-order valence-corrected chi connectivity index (χ0v) is 20.4. The number of aliphatic hydroxyl groups excluding tert-OH is 1. The average molecular weight is 467 g/mol. The second-order valence-corrected chi connectivity index (χ2v) is 8.66. The molecule has 0 aromatic heterocycles. The van der Waals surface area contributed by atoms with Crippen molar-refractivity contribution in [3.8, 4) is 11.5 Å². The number of ketones is 1. The van der Waals surface area contributed by atoms with E-state index >= 15 is 0 Å². The van der Waals surface area contributed by atoms with Gasteiger partial charge in [-0.25, -0.2) is 0 Å². The maximum Gasteiger partial charge on any atom is 0.295 e. The fraction of sp³-hybridized carbons (Fsp3) is 0.407. The number of likely N-dealkylation sites (tertiary alicyclic amines) is 1. The molecular formula is C27H34N2O5. The number of methoxy groups -OCH3 is 1. The third kappa shape index (κ3) is 5.78. The van der Waals surface area contributed by atoms with Crippen LogP contribution in [0.1, 0.15) is 43.4 Å². The molecule has 7 heteroatoms. The highest BCUT2D eigenvalue weighted by molar-refractivity contribution is 6.46. The van der Waals surface area contributed by atoms with Crippen LogP contribution in [-0.4, -0.2) is 67.5 Å². The van der Waals surface area contributed by atoms with Crippen molar-refractivity contribution >= 4 is 17.4 Å². The Morgan fingerprint density at radius 2 is 1.79 bits per heavy atom. The van der Waals surface area contributed by atoms with Crippen molar-refractivity contribution < 1.29 is 24.2 Å². The normalized spacial score (nSPS) is 17.4. The van der Waals surface area contributed by atoms with Crippen molar-refractivity contribution in [3.05, 3.63) is 65.2 Å². The van der Waals surface area contributed by atoms with Gasteiger partial charge in [0, 0.05) is 12.1 Å². The molecule has 1 atom stereocenters. The SMILES string of the molecule is CCCCOc1cccc(C(O)=C2C(=O)C(=O)N(CCCN(C)C)C2c2cccc(OC)c2)c1. The largest absolute Gasteiger partial charge is 0.507 e. The van der Waals surface area contributed by atoms with E-state index in [2.05, 4.69) is 6.92 Å². The number of hydrogen-bond acceptors (Lipinski definition) is 6. The summed E-state index contributed by atoms with van der Waals surface area (Å²) in [4.78, 5) is 29.8. The molecule has 34 heavy (non-hydrogen) atoms. The lowest BCUT2D eigenvalue weighted by molar-refractivity contribution is -0.139. The van der Waals surface area contributed by atoms with Crippen molar-refractivity contribution in [1.82, 2.24) is 9.80 Å². The van der Waals surface area contributed by atoms with Gasteiger partial charge in [0.25, 0.3) is 11.7 Å². The zero-order chi connectivity index (χ0) is 24.7. The molecule has 0 radical (unpaired) electrons. The number of Topliss-reactive ketones (excluding diaryl/α,β-unsaturated/α-hetero) is 1. The summed E-state index contributed by atoms with van der Waals surface area (Å²) in [6.45, 7) is 3.81. The molecule has 2 aromatic rings. The number of benzene rings is 2. The van der Waals surface area contributed by atoms with Gasteiger partial charge in [0.05, 0.1) is 25.3 Å². The van der Waals surface area contributed by atoms with E-state index in [0.29, 0.717) is 42.2 Å². The van der Waals surface area contributed by atoms with Crippen molar-refractivity contribution in [1.29, 1.82) is 0 Å². The van der Waals surface area contributed by atoms with E-state index in [0.717, 1.165) is 19.4 Å². The van der Waals surface area contributed by atoms with E-state index < -0.39 is 17.7 Å². The number of amides is 1. The van der Waals surface area contributed by atoms with Gasteiger partial charge in [0.2, 0.25) is 0 Å². The number of carbonyl (C=O) groups excluding carboxylic acids is 2. The van der Waals surface area contributed by atoms with E-state index in [1.807, 2.05) is 37.2 Å². The summed E-state index contributed by atoms with van der Waals surface area (Å²) in [5.74, 6) is -0.281. The fourth-order valence-electron chi connectivity index (χ4n) is 4.05. The van der Waals surface area contributed by atoms with Gasteiger partial charge in [0.15, 0.2) is 0 Å². The standard InChI is InChI=1S/C27H34N2O5/c1-5-6-16-34-22-13-8-11-20(18-22)25(30)23-24(19-10-7-12-21(17-19)33-4)29(27(32)26(23)31)15-9-14-28(2)3/h7-8,10-13,17-18,24,30H,5-6,9,14-16H2,1-4H3. The monoisotopic (exact) mass is 466 g/mol. The predicted molar refractivity (Wildman–Crippen MR) is 132 cm³/mol. The fourth-order valence-corrected chi connectivity index (χ4v) is 4.05. The Balaban J connectivity index is 2.05. The van der Waals surface area contributed by atoms with Crippen LogP contribution in [0.25, 0.3) is 5.76 Å².